The Morgan fingerprint density at radius 3 is 2.39 bits per heavy atom. The monoisotopic (exact) mass is 499 g/mol. The SMILES string of the molecule is COc1c(F)c(C=CC(=O)N2CC3=CN(C(=O)c4ccc5n[nH]nc5c4)C[C@H]3C2)c(F)c(OC)c1F. The van der Waals surface area contributed by atoms with Crippen LogP contribution in [0.1, 0.15) is 15.9 Å². The number of hydrogen-bond donors (Lipinski definition) is 1. The Hall–Kier alpha value is -4.35. The molecular weight excluding hydrogens is 479 g/mol. The van der Waals surface area contributed by atoms with Crippen molar-refractivity contribution in [2.45, 2.75) is 0 Å². The molecule has 0 saturated carbocycles. The van der Waals surface area contributed by atoms with Crippen molar-refractivity contribution in [3.8, 4) is 11.5 Å². The van der Waals surface area contributed by atoms with E-state index in [1.54, 1.807) is 29.3 Å². The standard InChI is InChI=1S/C24H20F3N5O4/c1-35-22-19(25)15(20(26)23(36-2)21(22)27)4-6-18(33)31-8-13-10-32(11-14(13)9-31)24(34)12-3-5-16-17(7-12)29-30-28-16/h3-7,10,14H,8-9,11H2,1-2H3,(H,28,29,30)/t14-/m1/s1. The van der Waals surface area contributed by atoms with Crippen molar-refractivity contribution in [2.24, 2.45) is 5.92 Å². The van der Waals surface area contributed by atoms with E-state index in [4.69, 9.17) is 0 Å². The summed E-state index contributed by atoms with van der Waals surface area (Å²) in [5, 5.41) is 10.5. The van der Waals surface area contributed by atoms with E-state index < -0.39 is 40.4 Å². The number of halogens is 3. The summed E-state index contributed by atoms with van der Waals surface area (Å²) in [6, 6.07) is 5.05. The van der Waals surface area contributed by atoms with E-state index in [-0.39, 0.29) is 18.4 Å². The van der Waals surface area contributed by atoms with Crippen LogP contribution in [0.5, 0.6) is 11.5 Å². The summed E-state index contributed by atoms with van der Waals surface area (Å²) in [5.41, 5.74) is 1.95. The minimum Gasteiger partial charge on any atom is -0.491 e. The molecule has 0 aliphatic carbocycles. The van der Waals surface area contributed by atoms with Gasteiger partial charge in [0.1, 0.15) is 11.0 Å². The predicted molar refractivity (Wildman–Crippen MR) is 122 cm³/mol. The van der Waals surface area contributed by atoms with E-state index in [0.29, 0.717) is 29.7 Å². The van der Waals surface area contributed by atoms with Crippen molar-refractivity contribution in [3.05, 3.63) is 64.6 Å². The second-order valence-corrected chi connectivity index (χ2v) is 8.36. The lowest BCUT2D eigenvalue weighted by Crippen LogP contribution is -2.32. The van der Waals surface area contributed by atoms with Crippen LogP contribution in [0, 0.1) is 23.4 Å². The molecule has 3 aromatic rings. The van der Waals surface area contributed by atoms with Crippen LogP contribution < -0.4 is 9.47 Å². The fourth-order valence-electron chi connectivity index (χ4n) is 4.46. The molecule has 9 nitrogen and oxygen atoms in total. The topological polar surface area (TPSA) is 101 Å². The summed E-state index contributed by atoms with van der Waals surface area (Å²) in [5.74, 6) is -6.22. The van der Waals surface area contributed by atoms with Gasteiger partial charge in [0, 0.05) is 43.4 Å². The number of methoxy groups -OCH3 is 2. The second-order valence-electron chi connectivity index (χ2n) is 8.36. The molecule has 1 saturated heterocycles. The Balaban J connectivity index is 1.29. The number of aromatic nitrogens is 3. The number of hydrogen-bond acceptors (Lipinski definition) is 6. The minimum absolute atomic E-state index is 0.0541. The van der Waals surface area contributed by atoms with Crippen LogP contribution in [0.2, 0.25) is 0 Å². The molecule has 12 heteroatoms. The smallest absolute Gasteiger partial charge is 0.257 e. The first-order valence-corrected chi connectivity index (χ1v) is 10.9. The molecule has 0 unspecified atom stereocenters. The normalized spacial score (nSPS) is 17.1. The first-order chi connectivity index (χ1) is 17.3. The average Bonchev–Trinajstić information content (AvgIpc) is 3.58. The molecule has 186 valence electrons. The van der Waals surface area contributed by atoms with E-state index in [0.717, 1.165) is 31.9 Å². The summed E-state index contributed by atoms with van der Waals surface area (Å²) in [7, 11) is 2.07. The molecule has 3 heterocycles. The highest BCUT2D eigenvalue weighted by molar-refractivity contribution is 5.98. The van der Waals surface area contributed by atoms with Gasteiger partial charge in [-0.15, -0.1) is 0 Å². The number of nitrogens with zero attached hydrogens (tertiary/aromatic N) is 4. The fourth-order valence-corrected chi connectivity index (χ4v) is 4.46. The van der Waals surface area contributed by atoms with Crippen molar-refractivity contribution in [3.63, 3.8) is 0 Å². The molecule has 5 rings (SSSR count). The van der Waals surface area contributed by atoms with Gasteiger partial charge >= 0.3 is 0 Å². The van der Waals surface area contributed by atoms with Gasteiger partial charge in [0.05, 0.1) is 19.8 Å². The van der Waals surface area contributed by atoms with Crippen LogP contribution >= 0.6 is 0 Å². The lowest BCUT2D eigenvalue weighted by atomic mass is 10.1. The number of carbonyl (C=O) groups excluding carboxylic acids is 2. The zero-order chi connectivity index (χ0) is 25.6. The largest absolute Gasteiger partial charge is 0.491 e. The van der Waals surface area contributed by atoms with Gasteiger partial charge in [-0.2, -0.15) is 19.8 Å². The Morgan fingerprint density at radius 1 is 1.03 bits per heavy atom. The number of aromatic amines is 1. The number of benzene rings is 2. The molecule has 2 aliphatic heterocycles. The Bertz CT molecular complexity index is 1420. The van der Waals surface area contributed by atoms with Crippen LogP contribution in [0.15, 0.2) is 36.0 Å². The quantitative estimate of drug-likeness (QED) is 0.542. The molecule has 1 fully saturated rings. The molecule has 0 radical (unpaired) electrons. The van der Waals surface area contributed by atoms with E-state index in [2.05, 4.69) is 24.9 Å². The molecule has 1 aromatic heterocycles. The number of nitrogens with one attached hydrogen (secondary N) is 1. The molecule has 2 aliphatic rings. The second kappa shape index (κ2) is 9.02. The summed E-state index contributed by atoms with van der Waals surface area (Å²) < 4.78 is 52.6. The molecule has 1 N–H and O–H groups in total. The third-order valence-corrected chi connectivity index (χ3v) is 6.28. The van der Waals surface area contributed by atoms with Gasteiger partial charge in [0.25, 0.3) is 5.91 Å². The van der Waals surface area contributed by atoms with Crippen LogP contribution in [-0.4, -0.2) is 70.9 Å². The van der Waals surface area contributed by atoms with Crippen molar-refractivity contribution in [1.82, 2.24) is 25.2 Å². The maximum atomic E-state index is 14.6. The number of rotatable bonds is 5. The van der Waals surface area contributed by atoms with Crippen LogP contribution in [0.3, 0.4) is 0 Å². The lowest BCUT2D eigenvalue weighted by Gasteiger charge is -2.19. The highest BCUT2D eigenvalue weighted by Gasteiger charge is 2.37. The predicted octanol–water partition coefficient (Wildman–Crippen LogP) is 2.90. The van der Waals surface area contributed by atoms with Crippen molar-refractivity contribution in [2.75, 3.05) is 33.9 Å². The number of H-pyrrole nitrogens is 1. The summed E-state index contributed by atoms with van der Waals surface area (Å²) in [4.78, 5) is 28.7. The highest BCUT2D eigenvalue weighted by atomic mass is 19.1. The van der Waals surface area contributed by atoms with E-state index in [1.807, 2.05) is 0 Å². The molecule has 36 heavy (non-hydrogen) atoms. The Morgan fingerprint density at radius 2 is 1.72 bits per heavy atom. The van der Waals surface area contributed by atoms with Crippen molar-refractivity contribution < 1.29 is 32.2 Å². The van der Waals surface area contributed by atoms with E-state index >= 15 is 0 Å². The minimum atomic E-state index is -1.31. The molecular formula is C24H20F3N5O4. The third-order valence-electron chi connectivity index (χ3n) is 6.28. The van der Waals surface area contributed by atoms with Gasteiger partial charge in [-0.3, -0.25) is 9.59 Å². The number of ether oxygens (including phenoxy) is 2. The third kappa shape index (κ3) is 3.84. The lowest BCUT2D eigenvalue weighted by molar-refractivity contribution is -0.125. The summed E-state index contributed by atoms with van der Waals surface area (Å²) in [6.07, 6.45) is 3.66. The summed E-state index contributed by atoms with van der Waals surface area (Å²) in [6.45, 7) is 0.997. The highest BCUT2D eigenvalue weighted by Crippen LogP contribution is 2.36. The maximum Gasteiger partial charge on any atom is 0.257 e. The van der Waals surface area contributed by atoms with Gasteiger partial charge < -0.3 is 19.3 Å². The molecule has 2 aromatic carbocycles. The molecule has 0 bridgehead atoms. The zero-order valence-electron chi connectivity index (χ0n) is 19.2. The Labute approximate surface area is 202 Å². The van der Waals surface area contributed by atoms with Gasteiger partial charge in [-0.25, -0.2) is 8.78 Å². The number of carbonyl (C=O) groups is 2. The van der Waals surface area contributed by atoms with Crippen LogP contribution in [0.25, 0.3) is 17.1 Å². The van der Waals surface area contributed by atoms with E-state index in [1.165, 1.54) is 4.90 Å². The molecule has 1 atom stereocenters. The summed E-state index contributed by atoms with van der Waals surface area (Å²) >= 11 is 0. The van der Waals surface area contributed by atoms with E-state index in [9.17, 15) is 22.8 Å². The van der Waals surface area contributed by atoms with Crippen LogP contribution in [-0.2, 0) is 4.79 Å². The Kier molecular flexibility index (Phi) is 5.86. The zero-order valence-corrected chi connectivity index (χ0v) is 19.2. The number of fused-ring (bicyclic) bond motifs is 2. The van der Waals surface area contributed by atoms with Crippen molar-refractivity contribution >= 4 is 28.9 Å². The van der Waals surface area contributed by atoms with Gasteiger partial charge in [0.2, 0.25) is 11.7 Å². The van der Waals surface area contributed by atoms with Crippen molar-refractivity contribution in [1.29, 1.82) is 0 Å². The van der Waals surface area contributed by atoms with Crippen LogP contribution in [0.4, 0.5) is 13.2 Å². The number of amides is 2. The maximum absolute atomic E-state index is 14.6. The first kappa shape index (κ1) is 23.4. The average molecular weight is 499 g/mol. The van der Waals surface area contributed by atoms with Gasteiger partial charge in [0.15, 0.2) is 23.1 Å². The first-order valence-electron chi connectivity index (χ1n) is 10.9. The molecule has 2 amide bonds. The fraction of sp³-hybridized carbons (Fsp3) is 0.250. The molecule has 0 spiro atoms. The number of likely N-dealkylation sites (tertiary alicyclic amines) is 1. The van der Waals surface area contributed by atoms with Gasteiger partial charge in [-0.1, -0.05) is 0 Å². The van der Waals surface area contributed by atoms with Gasteiger partial charge in [-0.05, 0) is 29.8 Å².